The average molecular weight is 561 g/mol. The Morgan fingerprint density at radius 3 is 2.28 bits per heavy atom. The zero-order chi connectivity index (χ0) is 29.2. The molecule has 0 aromatic carbocycles. The highest BCUT2D eigenvalue weighted by Crippen LogP contribution is 2.42. The Balaban J connectivity index is 1.97. The van der Waals surface area contributed by atoms with E-state index in [0.29, 0.717) is 25.1 Å². The second-order valence-electron chi connectivity index (χ2n) is 12.9. The summed E-state index contributed by atoms with van der Waals surface area (Å²) in [5.41, 5.74) is 0.756. The van der Waals surface area contributed by atoms with E-state index in [0.717, 1.165) is 12.0 Å². The van der Waals surface area contributed by atoms with Crippen molar-refractivity contribution in [3.05, 3.63) is 35.9 Å². The quantitative estimate of drug-likeness (QED) is 0.268. The summed E-state index contributed by atoms with van der Waals surface area (Å²) < 4.78 is 45.6. The summed E-state index contributed by atoms with van der Waals surface area (Å²) in [7, 11) is -0.969. The lowest BCUT2D eigenvalue weighted by molar-refractivity contribution is 0.00578. The van der Waals surface area contributed by atoms with E-state index in [1.54, 1.807) is 6.20 Å². The minimum atomic E-state index is -2.04. The number of aromatic nitrogens is 2. The molecule has 216 valence electrons. The zero-order valence-electron chi connectivity index (χ0n) is 25.6. The van der Waals surface area contributed by atoms with Gasteiger partial charge in [0.1, 0.15) is 5.69 Å². The molecular weight excluding hydrogens is 514 g/mol. The molecule has 0 N–H and O–H groups in total. The van der Waals surface area contributed by atoms with E-state index in [9.17, 15) is 0 Å². The summed E-state index contributed by atoms with van der Waals surface area (Å²) in [6, 6.07) is 3.24. The van der Waals surface area contributed by atoms with Gasteiger partial charge >= 0.3 is 7.12 Å². The minimum Gasteiger partial charge on any atom is -0.491 e. The average Bonchev–Trinajstić information content (AvgIpc) is 3.05. The lowest BCUT2D eigenvalue weighted by Gasteiger charge is -2.37. The van der Waals surface area contributed by atoms with Crippen LogP contribution in [0.4, 0.5) is 4.39 Å². The fourth-order valence-electron chi connectivity index (χ4n) is 4.04. The molecule has 10 heteroatoms. The highest BCUT2D eigenvalue weighted by Gasteiger charge is 2.51. The molecule has 3 heterocycles. The van der Waals surface area contributed by atoms with Gasteiger partial charge in [0.25, 0.3) is 5.88 Å². The molecular formula is C29H46BFN2O5Si. The van der Waals surface area contributed by atoms with E-state index in [-0.39, 0.29) is 28.3 Å². The molecule has 1 saturated heterocycles. The number of hydrogen-bond acceptors (Lipinski definition) is 7. The maximum Gasteiger partial charge on any atom is 0.458 e. The molecule has 2 aromatic rings. The van der Waals surface area contributed by atoms with Crippen LogP contribution in [0.15, 0.2) is 24.5 Å². The molecule has 0 radical (unpaired) electrons. The van der Waals surface area contributed by atoms with Gasteiger partial charge in [0, 0.05) is 36.5 Å². The third-order valence-electron chi connectivity index (χ3n) is 8.31. The molecule has 7 nitrogen and oxygen atoms in total. The number of hydrogen-bond donors (Lipinski definition) is 0. The Bertz CT molecular complexity index is 1120. The van der Waals surface area contributed by atoms with Crippen molar-refractivity contribution < 1.29 is 27.6 Å². The molecule has 1 unspecified atom stereocenters. The van der Waals surface area contributed by atoms with E-state index < -0.39 is 32.5 Å². The van der Waals surface area contributed by atoms with Crippen LogP contribution in [0, 0.1) is 5.82 Å². The Kier molecular flexibility index (Phi) is 9.57. The molecule has 1 fully saturated rings. The highest BCUT2D eigenvalue weighted by molar-refractivity contribution is 6.74. The van der Waals surface area contributed by atoms with Crippen LogP contribution in [0.25, 0.3) is 11.3 Å². The molecule has 0 bridgehead atoms. The van der Waals surface area contributed by atoms with Crippen molar-refractivity contribution in [3.8, 4) is 22.9 Å². The van der Waals surface area contributed by atoms with E-state index in [2.05, 4.69) is 43.8 Å². The largest absolute Gasteiger partial charge is 0.491 e. The molecule has 0 aliphatic carbocycles. The van der Waals surface area contributed by atoms with Crippen LogP contribution in [0.1, 0.15) is 73.3 Å². The predicted octanol–water partition coefficient (Wildman–Crippen LogP) is 7.28. The van der Waals surface area contributed by atoms with Crippen LogP contribution in [-0.4, -0.2) is 56.9 Å². The summed E-state index contributed by atoms with van der Waals surface area (Å²) in [5.74, 6) is -0.0699. The predicted molar refractivity (Wildman–Crippen MR) is 157 cm³/mol. The maximum absolute atomic E-state index is 15.2. The van der Waals surface area contributed by atoms with Crippen molar-refractivity contribution in [1.29, 1.82) is 0 Å². The van der Waals surface area contributed by atoms with Gasteiger partial charge < -0.3 is 23.2 Å². The molecule has 1 aliphatic rings. The summed E-state index contributed by atoms with van der Waals surface area (Å²) in [4.78, 5) is 8.95. The smallest absolute Gasteiger partial charge is 0.458 e. The van der Waals surface area contributed by atoms with Gasteiger partial charge in [-0.3, -0.25) is 4.98 Å². The van der Waals surface area contributed by atoms with Gasteiger partial charge in [0.05, 0.1) is 24.9 Å². The summed E-state index contributed by atoms with van der Waals surface area (Å²) in [5, 5.41) is 0.0625. The maximum atomic E-state index is 15.2. The number of halogens is 1. The van der Waals surface area contributed by atoms with Gasteiger partial charge in [0.15, 0.2) is 19.9 Å². The van der Waals surface area contributed by atoms with Crippen LogP contribution in [-0.2, 0) is 13.7 Å². The molecule has 0 saturated carbocycles. The second-order valence-corrected chi connectivity index (χ2v) is 17.7. The first-order chi connectivity index (χ1) is 18.0. The van der Waals surface area contributed by atoms with E-state index in [4.69, 9.17) is 23.2 Å². The van der Waals surface area contributed by atoms with Crippen molar-refractivity contribution in [2.24, 2.45) is 0 Å². The van der Waals surface area contributed by atoms with Crippen LogP contribution < -0.4 is 9.47 Å². The number of nitrogens with zero attached hydrogens (tertiary/aromatic N) is 2. The van der Waals surface area contributed by atoms with E-state index >= 15 is 4.39 Å². The summed E-state index contributed by atoms with van der Waals surface area (Å²) in [6.45, 7) is 22.3. The van der Waals surface area contributed by atoms with Gasteiger partial charge in [-0.25, -0.2) is 9.37 Å². The van der Waals surface area contributed by atoms with Gasteiger partial charge in [-0.05, 0) is 70.2 Å². The SMILES string of the molecule is CCCOc1nc(-c2cncc(C(CO[Si](C)(C)C(C)(C)C)CB3OC(C)(C)C(C)(C)O3)c2)c(F)cc1OC. The third-order valence-corrected chi connectivity index (χ3v) is 12.8. The number of rotatable bonds is 11. The fraction of sp³-hybridized carbons (Fsp3) is 0.655. The van der Waals surface area contributed by atoms with Crippen molar-refractivity contribution in [1.82, 2.24) is 9.97 Å². The molecule has 2 aromatic heterocycles. The molecule has 39 heavy (non-hydrogen) atoms. The van der Waals surface area contributed by atoms with Gasteiger partial charge in [-0.15, -0.1) is 0 Å². The first-order valence-electron chi connectivity index (χ1n) is 13.8. The standard InChI is InChI=1S/C29H46BFN2O5Si/c1-12-13-35-26-24(34-9)15-23(31)25(33-26)21-14-20(17-32-18-21)22(19-36-39(10,11)27(2,3)4)16-30-37-28(5,6)29(7,8)38-30/h14-15,17-18,22H,12-13,16,19H2,1-11H3. The lowest BCUT2D eigenvalue weighted by Crippen LogP contribution is -2.42. The third kappa shape index (κ3) is 7.20. The molecule has 0 amide bonds. The summed E-state index contributed by atoms with van der Waals surface area (Å²) >= 11 is 0. The monoisotopic (exact) mass is 560 g/mol. The van der Waals surface area contributed by atoms with Crippen LogP contribution in [0.2, 0.25) is 24.5 Å². The topological polar surface area (TPSA) is 71.9 Å². The van der Waals surface area contributed by atoms with Crippen molar-refractivity contribution in [3.63, 3.8) is 0 Å². The Hall–Kier alpha value is -2.01. The zero-order valence-corrected chi connectivity index (χ0v) is 26.6. The molecule has 0 spiro atoms. The fourth-order valence-corrected chi connectivity index (χ4v) is 5.09. The van der Waals surface area contributed by atoms with Crippen LogP contribution >= 0.6 is 0 Å². The van der Waals surface area contributed by atoms with E-state index in [1.165, 1.54) is 13.2 Å². The Morgan fingerprint density at radius 2 is 1.72 bits per heavy atom. The number of pyridine rings is 2. The molecule has 3 rings (SSSR count). The highest BCUT2D eigenvalue weighted by atomic mass is 28.4. The second kappa shape index (κ2) is 11.8. The van der Waals surface area contributed by atoms with Gasteiger partial charge in [-0.1, -0.05) is 27.7 Å². The minimum absolute atomic E-state index is 0.0625. The lowest BCUT2D eigenvalue weighted by atomic mass is 9.75. The van der Waals surface area contributed by atoms with Crippen molar-refractivity contribution >= 4 is 15.4 Å². The van der Waals surface area contributed by atoms with E-state index in [1.807, 2.05) is 46.9 Å². The van der Waals surface area contributed by atoms with Crippen LogP contribution in [0.5, 0.6) is 11.6 Å². The normalized spacial score (nSPS) is 17.8. The first-order valence-corrected chi connectivity index (χ1v) is 16.7. The Morgan fingerprint density at radius 1 is 1.08 bits per heavy atom. The number of methoxy groups -OCH3 is 1. The first kappa shape index (κ1) is 31.5. The molecule has 1 atom stereocenters. The number of ether oxygens (including phenoxy) is 2. The van der Waals surface area contributed by atoms with Crippen molar-refractivity contribution in [2.45, 2.75) is 103 Å². The molecule has 1 aliphatic heterocycles. The van der Waals surface area contributed by atoms with Gasteiger partial charge in [-0.2, -0.15) is 0 Å². The summed E-state index contributed by atoms with van der Waals surface area (Å²) in [6.07, 6.45) is 4.80. The Labute approximate surface area is 235 Å². The van der Waals surface area contributed by atoms with Crippen LogP contribution in [0.3, 0.4) is 0 Å². The van der Waals surface area contributed by atoms with Gasteiger partial charge in [0.2, 0.25) is 0 Å². The van der Waals surface area contributed by atoms with Crippen molar-refractivity contribution in [2.75, 3.05) is 20.3 Å².